The number of amides is 1. The van der Waals surface area contributed by atoms with Gasteiger partial charge in [-0.1, -0.05) is 23.4 Å². The molecule has 9 nitrogen and oxygen atoms in total. The van der Waals surface area contributed by atoms with Crippen molar-refractivity contribution in [2.24, 2.45) is 0 Å². The maximum Gasteiger partial charge on any atom is 0.255 e. The quantitative estimate of drug-likeness (QED) is 0.336. The minimum absolute atomic E-state index is 0.0562. The number of nitrogens with one attached hydrogen (secondary N) is 1. The second kappa shape index (κ2) is 9.10. The van der Waals surface area contributed by atoms with E-state index >= 15 is 0 Å². The molecule has 0 atom stereocenters. The van der Waals surface area contributed by atoms with Gasteiger partial charge in [-0.2, -0.15) is 0 Å². The zero-order valence-electron chi connectivity index (χ0n) is 18.2. The summed E-state index contributed by atoms with van der Waals surface area (Å²) < 4.78 is 21.1. The molecule has 0 aliphatic rings. The largest absolute Gasteiger partial charge is 0.508 e. The number of hydrogen-bond donors (Lipinski definition) is 3. The summed E-state index contributed by atoms with van der Waals surface area (Å²) in [6.45, 7) is 0.255. The molecule has 0 saturated carbocycles. The summed E-state index contributed by atoms with van der Waals surface area (Å²) in [5, 5.41) is 16.0. The molecule has 10 heteroatoms. The third kappa shape index (κ3) is 4.58. The molecule has 0 aliphatic heterocycles. The van der Waals surface area contributed by atoms with Crippen LogP contribution in [0, 0.1) is 5.82 Å². The first kappa shape index (κ1) is 21.8. The first-order valence-electron chi connectivity index (χ1n) is 10.6. The van der Waals surface area contributed by atoms with Gasteiger partial charge in [-0.15, -0.1) is 0 Å². The fourth-order valence-electron chi connectivity index (χ4n) is 3.57. The molecule has 0 spiro atoms. The second-order valence-corrected chi connectivity index (χ2v) is 7.71. The number of hydrogen-bond acceptors (Lipinski definition) is 7. The number of aromatic hydroxyl groups is 1. The lowest BCUT2D eigenvalue weighted by Gasteiger charge is -2.09. The first-order valence-corrected chi connectivity index (χ1v) is 10.6. The highest BCUT2D eigenvalue weighted by molar-refractivity contribution is 6.05. The van der Waals surface area contributed by atoms with E-state index in [4.69, 9.17) is 10.3 Å². The summed E-state index contributed by atoms with van der Waals surface area (Å²) in [6, 6.07) is 15.8. The second-order valence-electron chi connectivity index (χ2n) is 7.71. The summed E-state index contributed by atoms with van der Waals surface area (Å²) in [6.07, 6.45) is 4.65. The number of carbonyl (C=O) groups excluding carboxylic acids is 1. The van der Waals surface area contributed by atoms with Gasteiger partial charge in [-0.3, -0.25) is 4.79 Å². The smallest absolute Gasteiger partial charge is 0.255 e. The lowest BCUT2D eigenvalue weighted by atomic mass is 10.2. The Morgan fingerprint density at radius 1 is 1.14 bits per heavy atom. The van der Waals surface area contributed by atoms with Crippen molar-refractivity contribution in [3.63, 3.8) is 0 Å². The van der Waals surface area contributed by atoms with E-state index in [9.17, 15) is 14.3 Å². The van der Waals surface area contributed by atoms with E-state index < -0.39 is 5.91 Å². The standard InChI is InChI=1S/C25H19FN6O3/c26-19-4-2-1-3-16(19)13-32-14-17(11-22(32)20-9-10-35-31-20)24-28-12-21(23(27)30-24)29-25(34)15-5-7-18(33)8-6-15/h1-12,14,33H,13H2,(H,29,34)(H2,27,28,30). The lowest BCUT2D eigenvalue weighted by Crippen LogP contribution is -2.14. The van der Waals surface area contributed by atoms with Crippen LogP contribution < -0.4 is 11.1 Å². The van der Waals surface area contributed by atoms with Crippen LogP contribution in [0.1, 0.15) is 15.9 Å². The minimum atomic E-state index is -0.419. The van der Waals surface area contributed by atoms with Crippen molar-refractivity contribution >= 4 is 17.4 Å². The zero-order chi connectivity index (χ0) is 24.4. The number of nitrogens with zero attached hydrogens (tertiary/aromatic N) is 4. The van der Waals surface area contributed by atoms with E-state index in [1.807, 2.05) is 10.6 Å². The molecule has 0 radical (unpaired) electrons. The Hall–Kier alpha value is -4.99. The number of halogens is 1. The Morgan fingerprint density at radius 3 is 2.66 bits per heavy atom. The van der Waals surface area contributed by atoms with Crippen LogP contribution in [0.2, 0.25) is 0 Å². The van der Waals surface area contributed by atoms with Crippen molar-refractivity contribution in [1.29, 1.82) is 0 Å². The molecule has 0 bridgehead atoms. The predicted molar refractivity (Wildman–Crippen MR) is 127 cm³/mol. The van der Waals surface area contributed by atoms with Crippen LogP contribution in [0.25, 0.3) is 22.8 Å². The highest BCUT2D eigenvalue weighted by Gasteiger charge is 2.17. The number of carbonyl (C=O) groups is 1. The Bertz CT molecular complexity index is 1500. The van der Waals surface area contributed by atoms with E-state index in [1.165, 1.54) is 42.8 Å². The molecule has 0 saturated heterocycles. The molecule has 5 rings (SSSR count). The fourth-order valence-corrected chi connectivity index (χ4v) is 3.57. The fraction of sp³-hybridized carbons (Fsp3) is 0.0400. The van der Waals surface area contributed by atoms with Gasteiger partial charge in [0.05, 0.1) is 18.4 Å². The maximum atomic E-state index is 14.3. The third-order valence-corrected chi connectivity index (χ3v) is 5.35. The van der Waals surface area contributed by atoms with Gasteiger partial charge in [-0.05, 0) is 36.4 Å². The van der Waals surface area contributed by atoms with E-state index in [2.05, 4.69) is 20.4 Å². The maximum absolute atomic E-state index is 14.3. The van der Waals surface area contributed by atoms with Gasteiger partial charge in [0.25, 0.3) is 5.91 Å². The van der Waals surface area contributed by atoms with Crippen molar-refractivity contribution in [2.45, 2.75) is 6.54 Å². The summed E-state index contributed by atoms with van der Waals surface area (Å²) in [5.41, 5.74) is 9.07. The van der Waals surface area contributed by atoms with Crippen molar-refractivity contribution in [1.82, 2.24) is 19.7 Å². The summed E-state index contributed by atoms with van der Waals surface area (Å²) >= 11 is 0. The number of nitrogen functional groups attached to an aromatic ring is 1. The van der Waals surface area contributed by atoms with Gasteiger partial charge >= 0.3 is 0 Å². The van der Waals surface area contributed by atoms with Crippen LogP contribution in [-0.4, -0.2) is 30.7 Å². The van der Waals surface area contributed by atoms with Gasteiger partial charge < -0.3 is 25.2 Å². The molecule has 1 amide bonds. The molecule has 2 aromatic carbocycles. The Labute approximate surface area is 198 Å². The number of phenolic OH excluding ortho intramolecular Hbond substituents is 1. The number of benzene rings is 2. The normalized spacial score (nSPS) is 10.9. The molecule has 0 aliphatic carbocycles. The van der Waals surface area contributed by atoms with E-state index in [1.54, 1.807) is 30.5 Å². The van der Waals surface area contributed by atoms with Crippen LogP contribution in [0.4, 0.5) is 15.9 Å². The molecule has 0 fully saturated rings. The number of anilines is 2. The van der Waals surface area contributed by atoms with Gasteiger partial charge in [0.1, 0.15) is 29.2 Å². The molecule has 4 N–H and O–H groups in total. The zero-order valence-corrected chi connectivity index (χ0v) is 18.2. The van der Waals surface area contributed by atoms with Crippen LogP contribution in [0.15, 0.2) is 83.8 Å². The minimum Gasteiger partial charge on any atom is -0.508 e. The monoisotopic (exact) mass is 470 g/mol. The van der Waals surface area contributed by atoms with Crippen molar-refractivity contribution < 1.29 is 18.8 Å². The van der Waals surface area contributed by atoms with Crippen LogP contribution in [0.5, 0.6) is 5.75 Å². The average molecular weight is 470 g/mol. The molecule has 3 heterocycles. The van der Waals surface area contributed by atoms with E-state index in [0.717, 1.165) is 0 Å². The van der Waals surface area contributed by atoms with Gasteiger partial charge in [0, 0.05) is 29.0 Å². The van der Waals surface area contributed by atoms with Crippen LogP contribution in [0.3, 0.4) is 0 Å². The highest BCUT2D eigenvalue weighted by atomic mass is 19.1. The van der Waals surface area contributed by atoms with Crippen molar-refractivity contribution in [2.75, 3.05) is 11.1 Å². The molecule has 5 aromatic rings. The molecule has 3 aromatic heterocycles. The Morgan fingerprint density at radius 2 is 1.94 bits per heavy atom. The van der Waals surface area contributed by atoms with Crippen molar-refractivity contribution in [3.05, 3.63) is 96.3 Å². The molecule has 35 heavy (non-hydrogen) atoms. The first-order chi connectivity index (χ1) is 17.0. The number of aromatic nitrogens is 4. The Balaban J connectivity index is 1.44. The van der Waals surface area contributed by atoms with Crippen LogP contribution >= 0.6 is 0 Å². The number of phenols is 1. The molecular weight excluding hydrogens is 451 g/mol. The van der Waals surface area contributed by atoms with Gasteiger partial charge in [-0.25, -0.2) is 14.4 Å². The molecular formula is C25H19FN6O3. The lowest BCUT2D eigenvalue weighted by molar-refractivity contribution is 0.102. The summed E-state index contributed by atoms with van der Waals surface area (Å²) in [5.74, 6) is -0.282. The third-order valence-electron chi connectivity index (χ3n) is 5.35. The Kier molecular flexibility index (Phi) is 5.68. The topological polar surface area (TPSA) is 132 Å². The predicted octanol–water partition coefficient (Wildman–Crippen LogP) is 4.33. The van der Waals surface area contributed by atoms with E-state index in [-0.39, 0.29) is 29.6 Å². The highest BCUT2D eigenvalue weighted by Crippen LogP contribution is 2.29. The molecule has 174 valence electrons. The van der Waals surface area contributed by atoms with Gasteiger partial charge in [0.15, 0.2) is 11.6 Å². The summed E-state index contributed by atoms with van der Waals surface area (Å²) in [4.78, 5) is 21.2. The number of nitrogens with two attached hydrogens (primary N) is 1. The van der Waals surface area contributed by atoms with E-state index in [0.29, 0.717) is 33.9 Å². The SMILES string of the molecule is Nc1nc(-c2cc(-c3ccon3)n(Cc3ccccc3F)c2)ncc1NC(=O)c1ccc(O)cc1. The average Bonchev–Trinajstić information content (AvgIpc) is 3.52. The van der Waals surface area contributed by atoms with Crippen LogP contribution in [-0.2, 0) is 6.54 Å². The van der Waals surface area contributed by atoms with Gasteiger partial charge in [0.2, 0.25) is 0 Å². The number of rotatable bonds is 6. The summed E-state index contributed by atoms with van der Waals surface area (Å²) in [7, 11) is 0. The molecule has 0 unspecified atom stereocenters. The van der Waals surface area contributed by atoms with Crippen molar-refractivity contribution in [3.8, 4) is 28.5 Å².